The van der Waals surface area contributed by atoms with E-state index in [-0.39, 0.29) is 27.8 Å². The Morgan fingerprint density at radius 2 is 1.95 bits per heavy atom. The number of ether oxygens (including phenoxy) is 2. The molecule has 0 amide bonds. The highest BCUT2D eigenvalue weighted by Crippen LogP contribution is 2.41. The molecule has 2 fully saturated rings. The van der Waals surface area contributed by atoms with Crippen LogP contribution in [0.3, 0.4) is 0 Å². The zero-order valence-electron chi connectivity index (χ0n) is 20.1. The van der Waals surface area contributed by atoms with Gasteiger partial charge in [0.2, 0.25) is 5.88 Å². The van der Waals surface area contributed by atoms with Gasteiger partial charge in [-0.15, -0.1) is 0 Å². The van der Waals surface area contributed by atoms with Crippen LogP contribution in [0.25, 0.3) is 21.8 Å². The maximum Gasteiger partial charge on any atom is 0.319 e. The monoisotopic (exact) mass is 546 g/mol. The summed E-state index contributed by atoms with van der Waals surface area (Å²) in [7, 11) is 2.09. The number of likely N-dealkylation sites (N-methyl/N-ethyl adjacent to an activating group) is 1. The third kappa shape index (κ3) is 4.72. The number of H-pyrrole nitrogens is 1. The summed E-state index contributed by atoms with van der Waals surface area (Å²) < 4.78 is 26.8. The lowest BCUT2D eigenvalue weighted by atomic mass is 10.2. The molecule has 0 bridgehead atoms. The minimum Gasteiger partial charge on any atom is -0.462 e. The van der Waals surface area contributed by atoms with Crippen molar-refractivity contribution < 1.29 is 13.9 Å². The molecule has 0 spiro atoms. The molecule has 2 aliphatic heterocycles. The van der Waals surface area contributed by atoms with Crippen LogP contribution in [0.5, 0.6) is 17.6 Å². The number of nitrogens with one attached hydrogen (secondary N) is 2. The molecule has 4 aromatic rings. The molecule has 0 radical (unpaired) electrons. The second kappa shape index (κ2) is 10.1. The minimum absolute atomic E-state index is 0.0684. The van der Waals surface area contributed by atoms with Crippen molar-refractivity contribution in [2.75, 3.05) is 51.3 Å². The number of anilines is 1. The first-order valence-electron chi connectivity index (χ1n) is 12.1. The Morgan fingerprint density at radius 3 is 2.73 bits per heavy atom. The Bertz CT molecular complexity index is 1460. The van der Waals surface area contributed by atoms with E-state index in [9.17, 15) is 4.39 Å². The van der Waals surface area contributed by atoms with Crippen molar-refractivity contribution in [3.63, 3.8) is 0 Å². The van der Waals surface area contributed by atoms with Gasteiger partial charge in [0, 0.05) is 38.3 Å². The van der Waals surface area contributed by atoms with Crippen LogP contribution >= 0.6 is 23.2 Å². The molecule has 13 heteroatoms. The van der Waals surface area contributed by atoms with Gasteiger partial charge < -0.3 is 24.6 Å². The van der Waals surface area contributed by atoms with E-state index in [2.05, 4.69) is 42.3 Å². The molecule has 1 atom stereocenters. The van der Waals surface area contributed by atoms with Gasteiger partial charge in [0.15, 0.2) is 5.75 Å². The molecule has 194 valence electrons. The number of likely N-dealkylation sites (tertiary alicyclic amines) is 1. The highest BCUT2D eigenvalue weighted by Gasteiger charge is 2.25. The zero-order chi connectivity index (χ0) is 25.5. The predicted molar refractivity (Wildman–Crippen MR) is 140 cm³/mol. The highest BCUT2D eigenvalue weighted by molar-refractivity contribution is 6.33. The van der Waals surface area contributed by atoms with Crippen LogP contribution in [0.15, 0.2) is 18.3 Å². The molecule has 37 heavy (non-hydrogen) atoms. The summed E-state index contributed by atoms with van der Waals surface area (Å²) in [6, 6.07) is 3.48. The Kier molecular flexibility index (Phi) is 6.62. The van der Waals surface area contributed by atoms with Gasteiger partial charge in [0.1, 0.15) is 33.9 Å². The Labute approximate surface area is 222 Å². The molecule has 6 rings (SSSR count). The van der Waals surface area contributed by atoms with Gasteiger partial charge >= 0.3 is 6.01 Å². The van der Waals surface area contributed by atoms with Gasteiger partial charge in [-0.1, -0.05) is 23.2 Å². The Balaban J connectivity index is 1.46. The van der Waals surface area contributed by atoms with Crippen molar-refractivity contribution in [3.8, 4) is 17.6 Å². The van der Waals surface area contributed by atoms with Gasteiger partial charge in [-0.05, 0) is 32.5 Å². The van der Waals surface area contributed by atoms with Crippen LogP contribution in [0.2, 0.25) is 10.2 Å². The standard InChI is InChI=1S/C24H25Cl2FN8O2/c1-34-6-2-3-13(34)12-36-24-31-20-14(22(32-24)35-7-4-28-5-8-35)9-18(25)30-23(20)37-21-15-11-29-33-17(15)10-16(27)19(21)26/h9-11,13,28H,2-8,12H2,1H3,(H,29,33)/t13-/m0/s1. The minimum atomic E-state index is -0.652. The fourth-order valence-corrected chi connectivity index (χ4v) is 5.23. The van der Waals surface area contributed by atoms with Crippen LogP contribution in [-0.2, 0) is 0 Å². The van der Waals surface area contributed by atoms with E-state index < -0.39 is 5.82 Å². The van der Waals surface area contributed by atoms with Gasteiger partial charge in [0.05, 0.1) is 22.5 Å². The van der Waals surface area contributed by atoms with Crippen LogP contribution in [0, 0.1) is 5.82 Å². The first kappa shape index (κ1) is 24.4. The molecular weight excluding hydrogens is 522 g/mol. The Hall–Kier alpha value is -2.99. The summed E-state index contributed by atoms with van der Waals surface area (Å²) in [6.45, 7) is 4.63. The number of hydrogen-bond donors (Lipinski definition) is 2. The van der Waals surface area contributed by atoms with Gasteiger partial charge in [-0.25, -0.2) is 4.39 Å². The number of hydrogen-bond acceptors (Lipinski definition) is 9. The van der Waals surface area contributed by atoms with E-state index in [1.807, 2.05) is 0 Å². The average Bonchev–Trinajstić information content (AvgIpc) is 3.54. The molecule has 0 saturated carbocycles. The lowest BCUT2D eigenvalue weighted by Gasteiger charge is -2.29. The van der Waals surface area contributed by atoms with E-state index >= 15 is 0 Å². The second-order valence-electron chi connectivity index (χ2n) is 9.24. The van der Waals surface area contributed by atoms with Crippen LogP contribution in [0.1, 0.15) is 12.8 Å². The van der Waals surface area contributed by atoms with Crippen LogP contribution < -0.4 is 19.7 Å². The molecule has 0 aliphatic carbocycles. The highest BCUT2D eigenvalue weighted by atomic mass is 35.5. The number of fused-ring (bicyclic) bond motifs is 2. The first-order valence-corrected chi connectivity index (χ1v) is 12.9. The van der Waals surface area contributed by atoms with Gasteiger partial charge in [0.25, 0.3) is 0 Å². The summed E-state index contributed by atoms with van der Waals surface area (Å²) in [5.41, 5.74) is 0.823. The molecule has 2 N–H and O–H groups in total. The summed E-state index contributed by atoms with van der Waals surface area (Å²) >= 11 is 12.7. The molecule has 1 aromatic carbocycles. The average molecular weight is 547 g/mol. The fourth-order valence-electron chi connectivity index (χ4n) is 4.85. The first-order chi connectivity index (χ1) is 18.0. The maximum atomic E-state index is 14.6. The van der Waals surface area contributed by atoms with E-state index in [1.165, 1.54) is 12.3 Å². The molecule has 10 nitrogen and oxygen atoms in total. The van der Waals surface area contributed by atoms with Crippen molar-refractivity contribution in [3.05, 3.63) is 34.3 Å². The number of halogens is 3. The van der Waals surface area contributed by atoms with Crippen LogP contribution in [-0.4, -0.2) is 82.5 Å². The topological polar surface area (TPSA) is 104 Å². The van der Waals surface area contributed by atoms with Gasteiger partial charge in [-0.2, -0.15) is 20.1 Å². The summed E-state index contributed by atoms with van der Waals surface area (Å²) in [5, 5.41) is 11.2. The lowest BCUT2D eigenvalue weighted by molar-refractivity contribution is 0.188. The largest absolute Gasteiger partial charge is 0.462 e. The smallest absolute Gasteiger partial charge is 0.319 e. The quantitative estimate of drug-likeness (QED) is 0.347. The summed E-state index contributed by atoms with van der Waals surface area (Å²) in [5.74, 6) is 0.160. The zero-order valence-corrected chi connectivity index (χ0v) is 21.6. The molecule has 3 aromatic heterocycles. The van der Waals surface area contributed by atoms with Crippen molar-refractivity contribution in [2.24, 2.45) is 0 Å². The molecular formula is C24H25Cl2FN8O2. The van der Waals surface area contributed by atoms with E-state index in [1.54, 1.807) is 6.07 Å². The number of aromatic amines is 1. The summed E-state index contributed by atoms with van der Waals surface area (Å²) in [4.78, 5) is 18.3. The second-order valence-corrected chi connectivity index (χ2v) is 10.0. The van der Waals surface area contributed by atoms with Crippen molar-refractivity contribution in [1.82, 2.24) is 35.4 Å². The van der Waals surface area contributed by atoms with Crippen molar-refractivity contribution in [1.29, 1.82) is 0 Å². The predicted octanol–water partition coefficient (Wildman–Crippen LogP) is 4.02. The molecule has 5 heterocycles. The fraction of sp³-hybridized carbons (Fsp3) is 0.417. The third-order valence-corrected chi connectivity index (χ3v) is 7.41. The van der Waals surface area contributed by atoms with Crippen molar-refractivity contribution >= 4 is 50.8 Å². The van der Waals surface area contributed by atoms with Crippen LogP contribution in [0.4, 0.5) is 10.2 Å². The van der Waals surface area contributed by atoms with E-state index in [0.717, 1.165) is 45.6 Å². The lowest BCUT2D eigenvalue weighted by Crippen LogP contribution is -2.44. The maximum absolute atomic E-state index is 14.6. The SMILES string of the molecule is CN1CCC[C@H]1COc1nc(N2CCNCC2)c2cc(Cl)nc(Oc3c(Cl)c(F)cc4[nH]ncc34)c2n1. The number of benzene rings is 1. The number of pyridine rings is 1. The normalized spacial score (nSPS) is 18.7. The number of nitrogens with zero attached hydrogens (tertiary/aromatic N) is 6. The number of piperazine rings is 1. The Morgan fingerprint density at radius 1 is 1.11 bits per heavy atom. The number of aromatic nitrogens is 5. The molecule has 0 unspecified atom stereocenters. The van der Waals surface area contributed by atoms with Crippen molar-refractivity contribution in [2.45, 2.75) is 18.9 Å². The third-order valence-electron chi connectivity index (χ3n) is 6.86. The molecule has 2 saturated heterocycles. The number of rotatable bonds is 6. The molecule has 2 aliphatic rings. The summed E-state index contributed by atoms with van der Waals surface area (Å²) in [6.07, 6.45) is 3.70. The van der Waals surface area contributed by atoms with E-state index in [0.29, 0.717) is 40.3 Å². The van der Waals surface area contributed by atoms with E-state index in [4.69, 9.17) is 37.7 Å². The van der Waals surface area contributed by atoms with Gasteiger partial charge in [-0.3, -0.25) is 5.10 Å².